The van der Waals surface area contributed by atoms with E-state index in [2.05, 4.69) is 24.3 Å². The van der Waals surface area contributed by atoms with Gasteiger partial charge in [-0.15, -0.1) is 0 Å². The maximum atomic E-state index is 12.8. The SMILES string of the molecule is CN(C)CC[N+]([O-])=c1c2ccccc2ccc2ccccc12.[O-][Cl+3]([O-])([O-])O. The highest BCUT2D eigenvalue weighted by molar-refractivity contribution is 5.92. The molecule has 3 aromatic rings. The molecule has 0 saturated heterocycles. The summed E-state index contributed by atoms with van der Waals surface area (Å²) in [5, 5.41) is 17.7. The first-order chi connectivity index (χ1) is 12.7. The Morgan fingerprint density at radius 3 is 1.67 bits per heavy atom. The van der Waals surface area contributed by atoms with Gasteiger partial charge in [0.2, 0.25) is 5.36 Å². The van der Waals surface area contributed by atoms with Gasteiger partial charge in [0.25, 0.3) is 0 Å². The van der Waals surface area contributed by atoms with E-state index in [1.165, 1.54) is 0 Å². The monoisotopic (exact) mass is 392 g/mol. The molecule has 0 unspecified atom stereocenters. The molecule has 0 aliphatic rings. The van der Waals surface area contributed by atoms with Gasteiger partial charge in [-0.05, 0) is 37.0 Å². The second kappa shape index (κ2) is 9.09. The highest BCUT2D eigenvalue weighted by Crippen LogP contribution is 2.14. The van der Waals surface area contributed by atoms with Crippen molar-refractivity contribution in [1.29, 1.82) is 0 Å². The van der Waals surface area contributed by atoms with Crippen LogP contribution in [-0.2, 0) is 0 Å². The molecular weight excluding hydrogens is 372 g/mol. The fraction of sp³-hybridized carbons (Fsp3) is 0.211. The zero-order chi connectivity index (χ0) is 20.0. The van der Waals surface area contributed by atoms with Gasteiger partial charge in [0, 0.05) is 0 Å². The summed E-state index contributed by atoms with van der Waals surface area (Å²) < 4.78 is 33.9. The van der Waals surface area contributed by atoms with Crippen molar-refractivity contribution in [3.63, 3.8) is 0 Å². The Labute approximate surface area is 159 Å². The van der Waals surface area contributed by atoms with Gasteiger partial charge in [-0.25, -0.2) is 4.74 Å². The Hall–Kier alpha value is -2.26. The molecule has 0 saturated carbocycles. The molecule has 0 atom stereocenters. The molecule has 144 valence electrons. The standard InChI is InChI=1S/C19H20N2O.ClHO4/c1-20(2)13-14-21(22)19-17-9-5-3-7-15(17)11-12-16-8-4-6-10-18(16)19;2-1(3,4)5/h3-12H,13-14H2,1-2H3;(H,2,3,4,5). The molecule has 3 aromatic carbocycles. The fourth-order valence-corrected chi connectivity index (χ4v) is 2.71. The van der Waals surface area contributed by atoms with Crippen LogP contribution in [0.3, 0.4) is 0 Å². The Kier molecular flexibility index (Phi) is 7.09. The fourth-order valence-electron chi connectivity index (χ4n) is 2.71. The summed E-state index contributed by atoms with van der Waals surface area (Å²) in [7, 11) is -0.732. The Morgan fingerprint density at radius 1 is 0.852 bits per heavy atom. The van der Waals surface area contributed by atoms with Gasteiger partial charge >= 0.3 is 0 Å². The zero-order valence-electron chi connectivity index (χ0n) is 15.0. The maximum absolute atomic E-state index is 12.8. The molecule has 0 spiro atoms. The largest absolute Gasteiger partial charge is 0.623 e. The first-order valence-electron chi connectivity index (χ1n) is 8.13. The number of likely N-dealkylation sites (N-methyl/N-ethyl adjacent to an activating group) is 1. The second-order valence-electron chi connectivity index (χ2n) is 6.16. The van der Waals surface area contributed by atoms with Crippen LogP contribution in [0, 0.1) is 15.5 Å². The van der Waals surface area contributed by atoms with Crippen molar-refractivity contribution in [1.82, 2.24) is 9.64 Å². The molecule has 27 heavy (non-hydrogen) atoms. The molecule has 0 aliphatic carbocycles. The van der Waals surface area contributed by atoms with E-state index in [9.17, 15) is 5.21 Å². The van der Waals surface area contributed by atoms with Crippen molar-refractivity contribution in [2.24, 2.45) is 0 Å². The van der Waals surface area contributed by atoms with Crippen LogP contribution in [0.1, 0.15) is 0 Å². The first kappa shape index (κ1) is 21.0. The second-order valence-corrected chi connectivity index (χ2v) is 6.95. The first-order valence-corrected chi connectivity index (χ1v) is 9.39. The van der Waals surface area contributed by atoms with Crippen molar-refractivity contribution < 1.29 is 28.9 Å². The van der Waals surface area contributed by atoms with E-state index in [-0.39, 0.29) is 0 Å². The van der Waals surface area contributed by atoms with Crippen molar-refractivity contribution in [3.05, 3.63) is 71.2 Å². The molecule has 1 N–H and O–H groups in total. The molecule has 8 heteroatoms. The van der Waals surface area contributed by atoms with E-state index in [1.807, 2.05) is 55.4 Å². The van der Waals surface area contributed by atoms with Gasteiger partial charge in [0.15, 0.2) is 6.54 Å². The predicted molar refractivity (Wildman–Crippen MR) is 95.7 cm³/mol. The molecule has 0 bridgehead atoms. The summed E-state index contributed by atoms with van der Waals surface area (Å²) in [6.07, 6.45) is 0. The highest BCUT2D eigenvalue weighted by atomic mass is 35.7. The third-order valence-electron chi connectivity index (χ3n) is 3.87. The Bertz CT molecular complexity index is 919. The minimum absolute atomic E-state index is 0.449. The minimum Gasteiger partial charge on any atom is -0.623 e. The van der Waals surface area contributed by atoms with E-state index in [4.69, 9.17) is 18.6 Å². The third-order valence-corrected chi connectivity index (χ3v) is 3.87. The van der Waals surface area contributed by atoms with Gasteiger partial charge in [-0.1, -0.05) is 48.5 Å². The van der Waals surface area contributed by atoms with E-state index in [0.717, 1.165) is 38.2 Å². The quantitative estimate of drug-likeness (QED) is 0.437. The molecule has 0 radical (unpaired) electrons. The van der Waals surface area contributed by atoms with E-state index in [0.29, 0.717) is 6.54 Å². The lowest BCUT2D eigenvalue weighted by Crippen LogP contribution is -2.58. The lowest BCUT2D eigenvalue weighted by Gasteiger charge is -2.10. The zero-order valence-corrected chi connectivity index (χ0v) is 15.8. The van der Waals surface area contributed by atoms with Crippen LogP contribution < -0.4 is 24.1 Å². The van der Waals surface area contributed by atoms with Gasteiger partial charge < -0.3 is 10.1 Å². The van der Waals surface area contributed by atoms with Crippen molar-refractivity contribution in [2.75, 3.05) is 27.2 Å². The average molecular weight is 393 g/mol. The van der Waals surface area contributed by atoms with Crippen LogP contribution in [-0.4, -0.2) is 36.7 Å². The molecule has 0 aliphatic heterocycles. The summed E-state index contributed by atoms with van der Waals surface area (Å²) >= 11 is 0. The van der Waals surface area contributed by atoms with Gasteiger partial charge in [0.1, 0.15) is 0 Å². The normalized spacial score (nSPS) is 11.4. The summed E-state index contributed by atoms with van der Waals surface area (Å²) in [5.74, 6) is 0. The molecule has 0 fully saturated rings. The topological polar surface area (TPSA) is 119 Å². The van der Waals surface area contributed by atoms with E-state index >= 15 is 0 Å². The van der Waals surface area contributed by atoms with Crippen LogP contribution >= 0.6 is 0 Å². The predicted octanol–water partition coefficient (Wildman–Crippen LogP) is -1.30. The van der Waals surface area contributed by atoms with Gasteiger partial charge in [-0.2, -0.15) is 14.0 Å². The molecule has 0 aromatic heterocycles. The number of hydrogen-bond acceptors (Lipinski definition) is 6. The summed E-state index contributed by atoms with van der Waals surface area (Å²) in [6.45, 7) is 1.18. The molecule has 0 heterocycles. The number of rotatable bonds is 3. The van der Waals surface area contributed by atoms with Crippen LogP contribution in [0.4, 0.5) is 0 Å². The van der Waals surface area contributed by atoms with Crippen LogP contribution in [0.15, 0.2) is 60.7 Å². The lowest BCUT2D eigenvalue weighted by molar-refractivity contribution is -1.92. The van der Waals surface area contributed by atoms with Crippen LogP contribution in [0.5, 0.6) is 0 Å². The van der Waals surface area contributed by atoms with Crippen molar-refractivity contribution >= 4 is 21.5 Å². The smallest absolute Gasteiger partial charge is 0.226 e. The molecular formula is C19H21ClN2O5. The van der Waals surface area contributed by atoms with Crippen molar-refractivity contribution in [3.8, 4) is 0 Å². The Balaban J connectivity index is 0.000000465. The molecule has 7 nitrogen and oxygen atoms in total. The van der Waals surface area contributed by atoms with E-state index < -0.39 is 10.2 Å². The summed E-state index contributed by atoms with van der Waals surface area (Å²) in [5.41, 5.74) is 0. The molecule has 3 rings (SSSR count). The maximum Gasteiger partial charge on any atom is 0.226 e. The molecule has 0 amide bonds. The van der Waals surface area contributed by atoms with Crippen molar-refractivity contribution in [2.45, 2.75) is 0 Å². The summed E-state index contributed by atoms with van der Waals surface area (Å²) in [4.78, 5) is 2.03. The number of halogens is 1. The Morgan fingerprint density at radius 2 is 1.26 bits per heavy atom. The third kappa shape index (κ3) is 6.44. The number of nitrogens with zero attached hydrogens (tertiary/aromatic N) is 2. The number of hydroxylamine groups is 1. The van der Waals surface area contributed by atoms with Gasteiger partial charge in [0.05, 0.1) is 32.2 Å². The average Bonchev–Trinajstić information content (AvgIpc) is 2.75. The number of hydrogen-bond donors (Lipinski definition) is 1. The summed E-state index contributed by atoms with van der Waals surface area (Å²) in [6, 6.07) is 20.3. The number of benzene rings is 2. The van der Waals surface area contributed by atoms with Crippen LogP contribution in [0.2, 0.25) is 0 Å². The highest BCUT2D eigenvalue weighted by Gasteiger charge is 2.07. The van der Waals surface area contributed by atoms with Crippen LogP contribution in [0.25, 0.3) is 21.5 Å². The van der Waals surface area contributed by atoms with Gasteiger partial charge in [-0.3, -0.25) is 0 Å². The van der Waals surface area contributed by atoms with E-state index in [1.54, 1.807) is 0 Å². The minimum atomic E-state index is -4.69. The number of fused-ring (bicyclic) bond motifs is 2. The lowest BCUT2D eigenvalue weighted by atomic mass is 10.1.